The van der Waals surface area contributed by atoms with Gasteiger partial charge in [0.15, 0.2) is 0 Å². The summed E-state index contributed by atoms with van der Waals surface area (Å²) in [6.07, 6.45) is 5.68. The molecule has 1 atom stereocenters. The lowest BCUT2D eigenvalue weighted by Crippen LogP contribution is -2.39. The SMILES string of the molecule is CCCNC(C#N)CN(C)CCc1ccncc1. The molecule has 1 heterocycles. The van der Waals surface area contributed by atoms with E-state index in [1.54, 1.807) is 0 Å². The molecule has 4 nitrogen and oxygen atoms in total. The summed E-state index contributed by atoms with van der Waals surface area (Å²) < 4.78 is 0. The minimum atomic E-state index is -0.0765. The Balaban J connectivity index is 2.28. The molecule has 98 valence electrons. The van der Waals surface area contributed by atoms with Crippen LogP contribution in [-0.2, 0) is 6.42 Å². The Morgan fingerprint density at radius 1 is 1.44 bits per heavy atom. The third kappa shape index (κ3) is 5.76. The summed E-state index contributed by atoms with van der Waals surface area (Å²) in [5.74, 6) is 0. The van der Waals surface area contributed by atoms with Crippen molar-refractivity contribution >= 4 is 0 Å². The first-order valence-corrected chi connectivity index (χ1v) is 6.46. The molecule has 0 saturated heterocycles. The monoisotopic (exact) mass is 246 g/mol. The summed E-state index contributed by atoms with van der Waals surface area (Å²) in [6.45, 7) is 4.72. The Hall–Kier alpha value is -1.44. The molecule has 0 aliphatic rings. The second-order valence-corrected chi connectivity index (χ2v) is 4.50. The summed E-state index contributed by atoms with van der Waals surface area (Å²) in [6, 6.07) is 6.29. The molecule has 1 unspecified atom stereocenters. The van der Waals surface area contributed by atoms with Gasteiger partial charge in [0.25, 0.3) is 0 Å². The molecule has 1 aromatic heterocycles. The van der Waals surface area contributed by atoms with E-state index in [-0.39, 0.29) is 6.04 Å². The Morgan fingerprint density at radius 2 is 2.17 bits per heavy atom. The van der Waals surface area contributed by atoms with Crippen LogP contribution < -0.4 is 5.32 Å². The first-order valence-electron chi connectivity index (χ1n) is 6.46. The fraction of sp³-hybridized carbons (Fsp3) is 0.571. The maximum Gasteiger partial charge on any atom is 0.108 e. The lowest BCUT2D eigenvalue weighted by atomic mass is 10.2. The molecule has 0 spiro atoms. The first kappa shape index (κ1) is 14.6. The van der Waals surface area contributed by atoms with Gasteiger partial charge < -0.3 is 10.2 Å². The van der Waals surface area contributed by atoms with Crippen LogP contribution in [0.15, 0.2) is 24.5 Å². The van der Waals surface area contributed by atoms with E-state index in [0.29, 0.717) is 0 Å². The summed E-state index contributed by atoms with van der Waals surface area (Å²) in [4.78, 5) is 6.19. The van der Waals surface area contributed by atoms with E-state index in [0.717, 1.165) is 32.5 Å². The fourth-order valence-electron chi connectivity index (χ4n) is 1.74. The molecule has 1 N–H and O–H groups in total. The maximum absolute atomic E-state index is 9.04. The average molecular weight is 246 g/mol. The van der Waals surface area contributed by atoms with Gasteiger partial charge in [-0.3, -0.25) is 4.98 Å². The van der Waals surface area contributed by atoms with Crippen molar-refractivity contribution in [1.29, 1.82) is 5.26 Å². The number of nitriles is 1. The van der Waals surface area contributed by atoms with Gasteiger partial charge in [0.2, 0.25) is 0 Å². The second-order valence-electron chi connectivity index (χ2n) is 4.50. The smallest absolute Gasteiger partial charge is 0.108 e. The topological polar surface area (TPSA) is 52.0 Å². The van der Waals surface area contributed by atoms with Crippen molar-refractivity contribution in [3.63, 3.8) is 0 Å². The molecular formula is C14H22N4. The van der Waals surface area contributed by atoms with E-state index < -0.39 is 0 Å². The standard InChI is InChI=1S/C14H22N4/c1-3-7-17-14(11-15)12-18(2)10-6-13-4-8-16-9-5-13/h4-5,8-9,14,17H,3,6-7,10,12H2,1-2H3. The fourth-order valence-corrected chi connectivity index (χ4v) is 1.74. The number of aromatic nitrogens is 1. The van der Waals surface area contributed by atoms with Gasteiger partial charge in [-0.15, -0.1) is 0 Å². The van der Waals surface area contributed by atoms with Gasteiger partial charge in [-0.05, 0) is 44.1 Å². The second kappa shape index (κ2) is 8.62. The molecule has 0 amide bonds. The van der Waals surface area contributed by atoms with Crippen LogP contribution in [-0.4, -0.2) is 42.6 Å². The van der Waals surface area contributed by atoms with Gasteiger partial charge >= 0.3 is 0 Å². The minimum Gasteiger partial charge on any atom is -0.303 e. The summed E-state index contributed by atoms with van der Waals surface area (Å²) in [7, 11) is 2.05. The maximum atomic E-state index is 9.04. The quantitative estimate of drug-likeness (QED) is 0.754. The summed E-state index contributed by atoms with van der Waals surface area (Å²) in [5.41, 5.74) is 1.28. The molecule has 4 heteroatoms. The number of nitrogens with one attached hydrogen (secondary N) is 1. The number of hydrogen-bond donors (Lipinski definition) is 1. The lowest BCUT2D eigenvalue weighted by molar-refractivity contribution is 0.314. The van der Waals surface area contributed by atoms with Crippen molar-refractivity contribution in [3.05, 3.63) is 30.1 Å². The van der Waals surface area contributed by atoms with Crippen LogP contribution in [0.25, 0.3) is 0 Å². The van der Waals surface area contributed by atoms with Gasteiger partial charge in [0.1, 0.15) is 6.04 Å². The average Bonchev–Trinajstić information content (AvgIpc) is 2.42. The molecule has 0 bridgehead atoms. The third-order valence-corrected chi connectivity index (χ3v) is 2.82. The summed E-state index contributed by atoms with van der Waals surface area (Å²) >= 11 is 0. The Bertz CT molecular complexity index is 358. The molecule has 1 rings (SSSR count). The van der Waals surface area contributed by atoms with Gasteiger partial charge in [-0.1, -0.05) is 6.92 Å². The van der Waals surface area contributed by atoms with E-state index in [1.807, 2.05) is 24.5 Å². The van der Waals surface area contributed by atoms with Crippen LogP contribution in [0.4, 0.5) is 0 Å². The third-order valence-electron chi connectivity index (χ3n) is 2.82. The molecule has 0 radical (unpaired) electrons. The highest BCUT2D eigenvalue weighted by atomic mass is 15.1. The highest BCUT2D eigenvalue weighted by Gasteiger charge is 2.09. The van der Waals surface area contributed by atoms with Crippen molar-refractivity contribution in [2.75, 3.05) is 26.7 Å². The number of rotatable bonds is 8. The predicted octanol–water partition coefficient (Wildman–Crippen LogP) is 1.45. The van der Waals surface area contributed by atoms with Crippen LogP contribution in [0.2, 0.25) is 0 Å². The van der Waals surface area contributed by atoms with E-state index >= 15 is 0 Å². The van der Waals surface area contributed by atoms with Crippen LogP contribution in [0.1, 0.15) is 18.9 Å². The predicted molar refractivity (Wildman–Crippen MR) is 73.1 cm³/mol. The van der Waals surface area contributed by atoms with Crippen molar-refractivity contribution in [2.45, 2.75) is 25.8 Å². The normalized spacial score (nSPS) is 12.3. The van der Waals surface area contributed by atoms with Crippen molar-refractivity contribution in [3.8, 4) is 6.07 Å². The molecule has 0 fully saturated rings. The Morgan fingerprint density at radius 3 is 2.78 bits per heavy atom. The van der Waals surface area contributed by atoms with Crippen molar-refractivity contribution in [1.82, 2.24) is 15.2 Å². The zero-order valence-corrected chi connectivity index (χ0v) is 11.3. The van der Waals surface area contributed by atoms with Crippen molar-refractivity contribution < 1.29 is 0 Å². The molecule has 0 saturated carbocycles. The number of likely N-dealkylation sites (N-methyl/N-ethyl adjacent to an activating group) is 1. The van der Waals surface area contributed by atoms with E-state index in [2.05, 4.69) is 35.2 Å². The first-order chi connectivity index (χ1) is 8.76. The van der Waals surface area contributed by atoms with Crippen LogP contribution in [0.5, 0.6) is 0 Å². The molecule has 18 heavy (non-hydrogen) atoms. The highest BCUT2D eigenvalue weighted by molar-refractivity contribution is 5.09. The highest BCUT2D eigenvalue weighted by Crippen LogP contribution is 1.99. The van der Waals surface area contributed by atoms with Crippen molar-refractivity contribution in [2.24, 2.45) is 0 Å². The van der Waals surface area contributed by atoms with Gasteiger partial charge in [0.05, 0.1) is 6.07 Å². The van der Waals surface area contributed by atoms with Crippen LogP contribution in [0.3, 0.4) is 0 Å². The molecule has 0 aromatic carbocycles. The summed E-state index contributed by atoms with van der Waals surface area (Å²) in [5, 5.41) is 12.3. The van der Waals surface area contributed by atoms with Gasteiger partial charge in [0, 0.05) is 25.5 Å². The Labute approximate surface area is 110 Å². The zero-order valence-electron chi connectivity index (χ0n) is 11.3. The van der Waals surface area contributed by atoms with Crippen LogP contribution >= 0.6 is 0 Å². The van der Waals surface area contributed by atoms with E-state index in [9.17, 15) is 0 Å². The number of hydrogen-bond acceptors (Lipinski definition) is 4. The van der Waals surface area contributed by atoms with Gasteiger partial charge in [-0.2, -0.15) is 5.26 Å². The number of nitrogens with zero attached hydrogens (tertiary/aromatic N) is 3. The molecular weight excluding hydrogens is 224 g/mol. The van der Waals surface area contributed by atoms with Crippen LogP contribution in [0, 0.1) is 11.3 Å². The van der Waals surface area contributed by atoms with Gasteiger partial charge in [-0.25, -0.2) is 0 Å². The minimum absolute atomic E-state index is 0.0765. The van der Waals surface area contributed by atoms with E-state index in [1.165, 1.54) is 5.56 Å². The largest absolute Gasteiger partial charge is 0.303 e. The Kier molecular flexibility index (Phi) is 7.00. The number of pyridine rings is 1. The molecule has 1 aromatic rings. The molecule has 0 aliphatic heterocycles. The zero-order chi connectivity index (χ0) is 13.2. The molecule has 0 aliphatic carbocycles. The lowest BCUT2D eigenvalue weighted by Gasteiger charge is -2.20. The van der Waals surface area contributed by atoms with E-state index in [4.69, 9.17) is 5.26 Å².